The van der Waals surface area contributed by atoms with Gasteiger partial charge in [-0.3, -0.25) is 4.79 Å². The van der Waals surface area contributed by atoms with Crippen LogP contribution in [0.2, 0.25) is 0 Å². The van der Waals surface area contributed by atoms with Gasteiger partial charge >= 0.3 is 5.97 Å². The highest BCUT2D eigenvalue weighted by molar-refractivity contribution is 8.00. The van der Waals surface area contributed by atoms with Gasteiger partial charge in [-0.2, -0.15) is 4.31 Å². The molecule has 0 amide bonds. The molecule has 0 aliphatic carbocycles. The normalized spacial score (nSPS) is 20.5. The van der Waals surface area contributed by atoms with E-state index in [2.05, 4.69) is 0 Å². The molecule has 0 bridgehead atoms. The lowest BCUT2D eigenvalue weighted by atomic mass is 10.2. The molecule has 1 aliphatic heterocycles. The number of rotatable bonds is 6. The number of hydrogen-bond acceptors (Lipinski definition) is 5. The van der Waals surface area contributed by atoms with E-state index >= 15 is 0 Å². The molecule has 2 aromatic carbocycles. The Morgan fingerprint density at radius 3 is 2.44 bits per heavy atom. The van der Waals surface area contributed by atoms with Crippen LogP contribution in [-0.4, -0.2) is 43.1 Å². The smallest absolute Gasteiger partial charge is 0.324 e. The molecular weight excluding hydrogens is 382 g/mol. The van der Waals surface area contributed by atoms with Crippen molar-refractivity contribution in [1.82, 2.24) is 4.31 Å². The average Bonchev–Trinajstić information content (AvgIpc) is 3.08. The van der Waals surface area contributed by atoms with E-state index in [1.165, 1.54) is 4.31 Å². The largest absolute Gasteiger partial charge is 0.465 e. The zero-order valence-electron chi connectivity index (χ0n) is 15.4. The van der Waals surface area contributed by atoms with Gasteiger partial charge in [-0.25, -0.2) is 8.42 Å². The van der Waals surface area contributed by atoms with Crippen molar-refractivity contribution in [3.8, 4) is 0 Å². The van der Waals surface area contributed by atoms with Crippen LogP contribution in [0.1, 0.15) is 18.9 Å². The molecule has 0 radical (unpaired) electrons. The van der Waals surface area contributed by atoms with Crippen molar-refractivity contribution < 1.29 is 17.9 Å². The van der Waals surface area contributed by atoms with Gasteiger partial charge in [-0.15, -0.1) is 11.8 Å². The number of hydrogen-bond donors (Lipinski definition) is 0. The molecule has 2 aromatic rings. The predicted octanol–water partition coefficient (Wildman–Crippen LogP) is 3.48. The maximum atomic E-state index is 13.2. The molecule has 0 spiro atoms. The number of aryl methyl sites for hydroxylation is 1. The summed E-state index contributed by atoms with van der Waals surface area (Å²) in [5.41, 5.74) is 0.981. The minimum atomic E-state index is -3.77. The van der Waals surface area contributed by atoms with Crippen LogP contribution < -0.4 is 0 Å². The lowest BCUT2D eigenvalue weighted by Crippen LogP contribution is -2.41. The highest BCUT2D eigenvalue weighted by Crippen LogP contribution is 2.36. The van der Waals surface area contributed by atoms with Gasteiger partial charge in [0.1, 0.15) is 6.04 Å². The van der Waals surface area contributed by atoms with E-state index in [0.717, 1.165) is 10.5 Å². The zero-order chi connectivity index (χ0) is 19.4. The van der Waals surface area contributed by atoms with E-state index in [1.807, 2.05) is 37.3 Å². The van der Waals surface area contributed by atoms with E-state index in [1.54, 1.807) is 43.0 Å². The molecule has 2 unspecified atom stereocenters. The lowest BCUT2D eigenvalue weighted by Gasteiger charge is -2.22. The van der Waals surface area contributed by atoms with Gasteiger partial charge in [0.05, 0.1) is 11.5 Å². The second-order valence-corrected chi connectivity index (χ2v) is 9.71. The molecule has 1 fully saturated rings. The van der Waals surface area contributed by atoms with Gasteiger partial charge in [0, 0.05) is 16.7 Å². The van der Waals surface area contributed by atoms with Gasteiger partial charge < -0.3 is 4.74 Å². The van der Waals surface area contributed by atoms with Gasteiger partial charge in [0.25, 0.3) is 0 Å². The van der Waals surface area contributed by atoms with Crippen LogP contribution in [0.4, 0.5) is 0 Å². The number of thioether (sulfide) groups is 1. The first kappa shape index (κ1) is 19.9. The first-order chi connectivity index (χ1) is 12.9. The Morgan fingerprint density at radius 2 is 1.81 bits per heavy atom. The Kier molecular flexibility index (Phi) is 6.24. The number of sulfonamides is 1. The maximum Gasteiger partial charge on any atom is 0.324 e. The van der Waals surface area contributed by atoms with Crippen LogP contribution in [0.3, 0.4) is 0 Å². The summed E-state index contributed by atoms with van der Waals surface area (Å²) in [5, 5.41) is -0.0120. The van der Waals surface area contributed by atoms with Crippen LogP contribution in [0.25, 0.3) is 0 Å². The third-order valence-electron chi connectivity index (χ3n) is 4.45. The molecule has 0 N–H and O–H groups in total. The van der Waals surface area contributed by atoms with Gasteiger partial charge in [0.2, 0.25) is 10.0 Å². The summed E-state index contributed by atoms with van der Waals surface area (Å²) in [5.74, 6) is -0.482. The van der Waals surface area contributed by atoms with Crippen LogP contribution in [0.15, 0.2) is 64.4 Å². The Balaban J connectivity index is 1.87. The highest BCUT2D eigenvalue weighted by Gasteiger charge is 2.45. The Bertz CT molecular complexity index is 882. The van der Waals surface area contributed by atoms with E-state index in [-0.39, 0.29) is 23.3 Å². The van der Waals surface area contributed by atoms with Crippen molar-refractivity contribution in [1.29, 1.82) is 0 Å². The maximum absolute atomic E-state index is 13.2. The van der Waals surface area contributed by atoms with Crippen molar-refractivity contribution in [2.24, 2.45) is 0 Å². The molecule has 0 saturated carbocycles. The lowest BCUT2D eigenvalue weighted by molar-refractivity contribution is -0.146. The fourth-order valence-corrected chi connectivity index (χ4v) is 6.05. The molecule has 0 aromatic heterocycles. The zero-order valence-corrected chi connectivity index (χ0v) is 17.0. The van der Waals surface area contributed by atoms with E-state index in [0.29, 0.717) is 6.42 Å². The molecule has 3 rings (SSSR count). The quantitative estimate of drug-likeness (QED) is 0.689. The molecule has 7 heteroatoms. The van der Waals surface area contributed by atoms with Crippen molar-refractivity contribution in [2.45, 2.75) is 41.4 Å². The summed E-state index contributed by atoms with van der Waals surface area (Å²) in [7, 11) is -3.77. The second kappa shape index (κ2) is 8.46. The van der Waals surface area contributed by atoms with Crippen LogP contribution in [-0.2, 0) is 19.6 Å². The number of esters is 1. The Labute approximate surface area is 164 Å². The molecule has 27 heavy (non-hydrogen) atoms. The molecule has 1 saturated heterocycles. The third-order valence-corrected chi connectivity index (χ3v) is 7.56. The first-order valence-electron chi connectivity index (χ1n) is 8.88. The van der Waals surface area contributed by atoms with E-state index in [9.17, 15) is 13.2 Å². The SMILES string of the molecule is CCOC(=O)C1CC(Sc2ccccc2)CN1S(=O)(=O)c1ccc(C)cc1. The monoisotopic (exact) mass is 405 g/mol. The summed E-state index contributed by atoms with van der Waals surface area (Å²) >= 11 is 1.59. The molecule has 144 valence electrons. The first-order valence-corrected chi connectivity index (χ1v) is 11.2. The minimum Gasteiger partial charge on any atom is -0.465 e. The van der Waals surface area contributed by atoms with E-state index in [4.69, 9.17) is 4.74 Å². The fourth-order valence-electron chi connectivity index (χ4n) is 3.11. The number of carbonyl (C=O) groups is 1. The Hall–Kier alpha value is -1.83. The van der Waals surface area contributed by atoms with Crippen molar-refractivity contribution in [3.05, 3.63) is 60.2 Å². The Morgan fingerprint density at radius 1 is 1.15 bits per heavy atom. The van der Waals surface area contributed by atoms with Crippen molar-refractivity contribution in [3.63, 3.8) is 0 Å². The minimum absolute atomic E-state index is 0.0120. The van der Waals surface area contributed by atoms with Crippen molar-refractivity contribution >= 4 is 27.8 Å². The average molecular weight is 406 g/mol. The summed E-state index contributed by atoms with van der Waals surface area (Å²) in [6.45, 7) is 4.13. The van der Waals surface area contributed by atoms with Gasteiger partial charge in [-0.05, 0) is 44.5 Å². The topological polar surface area (TPSA) is 63.7 Å². The van der Waals surface area contributed by atoms with Crippen LogP contribution >= 0.6 is 11.8 Å². The van der Waals surface area contributed by atoms with Crippen LogP contribution in [0.5, 0.6) is 0 Å². The van der Waals surface area contributed by atoms with E-state index < -0.39 is 22.0 Å². The molecule has 1 aliphatic rings. The van der Waals surface area contributed by atoms with Gasteiger partial charge in [-0.1, -0.05) is 35.9 Å². The summed E-state index contributed by atoms with van der Waals surface area (Å²) in [4.78, 5) is 13.7. The second-order valence-electron chi connectivity index (χ2n) is 6.44. The number of carbonyl (C=O) groups excluding carboxylic acids is 1. The third kappa shape index (κ3) is 4.54. The van der Waals surface area contributed by atoms with Crippen LogP contribution in [0, 0.1) is 6.92 Å². The summed E-state index contributed by atoms with van der Waals surface area (Å²) < 4.78 is 32.8. The molecular formula is C20H23NO4S2. The predicted molar refractivity (Wildman–Crippen MR) is 106 cm³/mol. The number of benzene rings is 2. The molecule has 5 nitrogen and oxygen atoms in total. The highest BCUT2D eigenvalue weighted by atomic mass is 32.2. The molecule has 1 heterocycles. The number of nitrogens with zero attached hydrogens (tertiary/aromatic N) is 1. The number of ether oxygens (including phenoxy) is 1. The molecule has 2 atom stereocenters. The summed E-state index contributed by atoms with van der Waals surface area (Å²) in [6.07, 6.45) is 0.434. The standard InChI is InChI=1S/C20H23NO4S2/c1-3-25-20(22)19-13-17(26-16-7-5-4-6-8-16)14-21(19)27(23,24)18-11-9-15(2)10-12-18/h4-12,17,19H,3,13-14H2,1-2H3. The van der Waals surface area contributed by atoms with Gasteiger partial charge in [0.15, 0.2) is 0 Å². The fraction of sp³-hybridized carbons (Fsp3) is 0.350. The van der Waals surface area contributed by atoms with Crippen molar-refractivity contribution in [2.75, 3.05) is 13.2 Å². The summed E-state index contributed by atoms with van der Waals surface area (Å²) in [6, 6.07) is 15.7.